The second kappa shape index (κ2) is 6.72. The third kappa shape index (κ3) is 3.23. The van der Waals surface area contributed by atoms with E-state index >= 15 is 0 Å². The fourth-order valence-corrected chi connectivity index (χ4v) is 3.46. The number of para-hydroxylation sites is 1. The van der Waals surface area contributed by atoms with Crippen LogP contribution in [0, 0.1) is 0 Å². The molecule has 4 rings (SSSR count). The highest BCUT2D eigenvalue weighted by atomic mass is 32.1. The molecule has 0 unspecified atom stereocenters. The van der Waals surface area contributed by atoms with E-state index in [1.807, 2.05) is 50.2 Å². The van der Waals surface area contributed by atoms with Gasteiger partial charge in [-0.15, -0.1) is 11.3 Å². The lowest BCUT2D eigenvalue weighted by atomic mass is 10.2. The topological polar surface area (TPSA) is 60.9 Å². The van der Waals surface area contributed by atoms with E-state index in [1.54, 1.807) is 34.5 Å². The Morgan fingerprint density at radius 2 is 2.08 bits per heavy atom. The third-order valence-corrected chi connectivity index (χ3v) is 5.00. The van der Waals surface area contributed by atoms with Crippen molar-refractivity contribution >= 4 is 33.4 Å². The Morgan fingerprint density at radius 3 is 2.85 bits per heavy atom. The van der Waals surface area contributed by atoms with Crippen molar-refractivity contribution in [1.82, 2.24) is 14.8 Å². The van der Waals surface area contributed by atoms with Gasteiger partial charge >= 0.3 is 0 Å². The number of benzene rings is 1. The van der Waals surface area contributed by atoms with Crippen molar-refractivity contribution in [3.63, 3.8) is 0 Å². The monoisotopic (exact) mass is 363 g/mol. The van der Waals surface area contributed by atoms with Gasteiger partial charge in [0.15, 0.2) is 16.6 Å². The highest BCUT2D eigenvalue weighted by Gasteiger charge is 2.10. The molecule has 1 aromatic carbocycles. The van der Waals surface area contributed by atoms with Crippen molar-refractivity contribution in [2.45, 2.75) is 19.9 Å². The van der Waals surface area contributed by atoms with Crippen LogP contribution in [0.3, 0.4) is 0 Å². The number of allylic oxidation sites excluding steroid dienone is 1. The van der Waals surface area contributed by atoms with Gasteiger partial charge in [-0.25, -0.2) is 4.98 Å². The van der Waals surface area contributed by atoms with Gasteiger partial charge in [0.2, 0.25) is 0 Å². The summed E-state index contributed by atoms with van der Waals surface area (Å²) in [5, 5.41) is 5.02. The van der Waals surface area contributed by atoms with Crippen molar-refractivity contribution in [1.29, 1.82) is 0 Å². The number of fused-ring (bicyclic) bond motifs is 1. The van der Waals surface area contributed by atoms with Crippen molar-refractivity contribution in [3.8, 4) is 10.8 Å². The fourth-order valence-electron chi connectivity index (χ4n) is 2.54. The lowest BCUT2D eigenvalue weighted by Crippen LogP contribution is -2.00. The SMILES string of the molecule is CC(C)n1cc(C(=O)C=Cc2ccc(-c3nc4ccccc4s3)o2)cn1. The van der Waals surface area contributed by atoms with E-state index in [4.69, 9.17) is 4.42 Å². The number of furan rings is 1. The smallest absolute Gasteiger partial charge is 0.189 e. The largest absolute Gasteiger partial charge is 0.454 e. The molecule has 26 heavy (non-hydrogen) atoms. The molecule has 5 nitrogen and oxygen atoms in total. The highest BCUT2D eigenvalue weighted by Crippen LogP contribution is 2.31. The predicted molar refractivity (Wildman–Crippen MR) is 103 cm³/mol. The zero-order valence-electron chi connectivity index (χ0n) is 14.4. The molecular formula is C20H17N3O2S. The lowest BCUT2D eigenvalue weighted by Gasteiger charge is -2.02. The Hall–Kier alpha value is -2.99. The molecule has 3 heterocycles. The Labute approximate surface area is 154 Å². The standard InChI is InChI=1S/C20H17N3O2S/c1-13(2)23-12-14(11-21-23)17(24)9-7-15-8-10-18(25-15)20-22-16-5-3-4-6-19(16)26-20/h3-13H,1-2H3. The van der Waals surface area contributed by atoms with E-state index in [9.17, 15) is 4.79 Å². The van der Waals surface area contributed by atoms with Crippen LogP contribution in [0.4, 0.5) is 0 Å². The van der Waals surface area contributed by atoms with Crippen LogP contribution in [-0.4, -0.2) is 20.5 Å². The lowest BCUT2D eigenvalue weighted by molar-refractivity contribution is 0.104. The van der Waals surface area contributed by atoms with Gasteiger partial charge in [-0.3, -0.25) is 9.48 Å². The summed E-state index contributed by atoms with van der Waals surface area (Å²) in [5.41, 5.74) is 1.52. The predicted octanol–water partition coefficient (Wildman–Crippen LogP) is 5.23. The summed E-state index contributed by atoms with van der Waals surface area (Å²) < 4.78 is 8.70. The number of hydrogen-bond donors (Lipinski definition) is 0. The molecule has 0 radical (unpaired) electrons. The first-order chi connectivity index (χ1) is 12.6. The Bertz CT molecular complexity index is 1070. The van der Waals surface area contributed by atoms with Crippen LogP contribution in [0.5, 0.6) is 0 Å². The number of hydrogen-bond acceptors (Lipinski definition) is 5. The summed E-state index contributed by atoms with van der Waals surface area (Å²) >= 11 is 1.58. The van der Waals surface area contributed by atoms with Crippen molar-refractivity contribution in [2.75, 3.05) is 0 Å². The molecule has 6 heteroatoms. The zero-order valence-corrected chi connectivity index (χ0v) is 15.2. The van der Waals surface area contributed by atoms with Gasteiger partial charge in [-0.1, -0.05) is 12.1 Å². The third-order valence-electron chi connectivity index (χ3n) is 3.95. The zero-order chi connectivity index (χ0) is 18.1. The van der Waals surface area contributed by atoms with E-state index in [0.717, 1.165) is 15.2 Å². The minimum absolute atomic E-state index is 0.102. The number of carbonyl (C=O) groups excluding carboxylic acids is 1. The molecule has 0 aliphatic carbocycles. The molecule has 130 valence electrons. The number of rotatable bonds is 5. The minimum atomic E-state index is -0.102. The molecule has 3 aromatic heterocycles. The average Bonchev–Trinajstić information content (AvgIpc) is 3.37. The van der Waals surface area contributed by atoms with Crippen molar-refractivity contribution < 1.29 is 9.21 Å². The van der Waals surface area contributed by atoms with Gasteiger partial charge in [0.05, 0.1) is 22.0 Å². The van der Waals surface area contributed by atoms with Gasteiger partial charge in [-0.2, -0.15) is 5.10 Å². The summed E-state index contributed by atoms with van der Waals surface area (Å²) in [6.07, 6.45) is 6.52. The molecule has 0 atom stereocenters. The molecule has 0 aliphatic rings. The molecule has 0 spiro atoms. The Balaban J connectivity index is 1.52. The summed E-state index contributed by atoms with van der Waals surface area (Å²) in [4.78, 5) is 16.8. The van der Waals surface area contributed by atoms with Crippen LogP contribution in [-0.2, 0) is 0 Å². The Morgan fingerprint density at radius 1 is 1.23 bits per heavy atom. The maximum absolute atomic E-state index is 12.3. The van der Waals surface area contributed by atoms with E-state index in [2.05, 4.69) is 10.1 Å². The molecular weight excluding hydrogens is 346 g/mol. The molecule has 0 amide bonds. The second-order valence-electron chi connectivity index (χ2n) is 6.19. The maximum Gasteiger partial charge on any atom is 0.189 e. The van der Waals surface area contributed by atoms with E-state index in [1.165, 1.54) is 6.08 Å². The molecule has 0 N–H and O–H groups in total. The number of nitrogens with zero attached hydrogens (tertiary/aromatic N) is 3. The number of carbonyl (C=O) groups is 1. The van der Waals surface area contributed by atoms with Crippen molar-refractivity contribution in [3.05, 3.63) is 66.2 Å². The second-order valence-corrected chi connectivity index (χ2v) is 7.22. The molecule has 0 saturated heterocycles. The van der Waals surface area contributed by atoms with Crippen LogP contribution in [0.15, 0.2) is 59.3 Å². The van der Waals surface area contributed by atoms with Crippen LogP contribution < -0.4 is 0 Å². The first-order valence-corrected chi connectivity index (χ1v) is 9.14. The Kier molecular flexibility index (Phi) is 4.26. The van der Waals surface area contributed by atoms with Gasteiger partial charge < -0.3 is 4.42 Å². The van der Waals surface area contributed by atoms with Gasteiger partial charge in [0.25, 0.3) is 0 Å². The normalized spacial score (nSPS) is 11.8. The number of thiazole rings is 1. The fraction of sp³-hybridized carbons (Fsp3) is 0.150. The van der Waals surface area contributed by atoms with Crippen LogP contribution in [0.2, 0.25) is 0 Å². The molecule has 0 saturated carbocycles. The maximum atomic E-state index is 12.3. The number of ketones is 1. The van der Waals surface area contributed by atoms with Crippen molar-refractivity contribution in [2.24, 2.45) is 0 Å². The summed E-state index contributed by atoms with van der Waals surface area (Å²) in [6, 6.07) is 11.9. The van der Waals surface area contributed by atoms with Gasteiger partial charge in [0.1, 0.15) is 5.76 Å². The van der Waals surface area contributed by atoms with E-state index < -0.39 is 0 Å². The average molecular weight is 363 g/mol. The summed E-state index contributed by atoms with van der Waals surface area (Å²) in [5.74, 6) is 1.21. The molecule has 0 fully saturated rings. The van der Waals surface area contributed by atoms with Gasteiger partial charge in [0, 0.05) is 12.2 Å². The first-order valence-electron chi connectivity index (χ1n) is 8.32. The molecule has 0 aliphatic heterocycles. The number of aromatic nitrogens is 3. The van der Waals surface area contributed by atoms with Crippen LogP contribution in [0.1, 0.15) is 36.0 Å². The van der Waals surface area contributed by atoms with E-state index in [-0.39, 0.29) is 11.8 Å². The summed E-state index contributed by atoms with van der Waals surface area (Å²) in [6.45, 7) is 4.03. The minimum Gasteiger partial charge on any atom is -0.454 e. The van der Waals surface area contributed by atoms with Gasteiger partial charge in [-0.05, 0) is 50.3 Å². The van der Waals surface area contributed by atoms with Crippen LogP contribution in [0.25, 0.3) is 27.1 Å². The molecule has 0 bridgehead atoms. The highest BCUT2D eigenvalue weighted by molar-refractivity contribution is 7.21. The van der Waals surface area contributed by atoms with Crippen LogP contribution >= 0.6 is 11.3 Å². The quantitative estimate of drug-likeness (QED) is 0.360. The molecule has 4 aromatic rings. The van der Waals surface area contributed by atoms with E-state index in [0.29, 0.717) is 17.1 Å². The first kappa shape index (κ1) is 16.5. The summed E-state index contributed by atoms with van der Waals surface area (Å²) in [7, 11) is 0.